The van der Waals surface area contributed by atoms with Crippen LogP contribution in [0.5, 0.6) is 23.0 Å². The van der Waals surface area contributed by atoms with Gasteiger partial charge < -0.3 is 14.9 Å². The molecule has 0 radical (unpaired) electrons. The third kappa shape index (κ3) is 1.50. The van der Waals surface area contributed by atoms with E-state index in [1.54, 1.807) is 6.92 Å². The molecule has 1 heterocycles. The number of para-hydroxylation sites is 1. The van der Waals surface area contributed by atoms with Crippen LogP contribution in [0, 0.1) is 6.92 Å². The molecule has 6 heteroatoms. The first-order valence-corrected chi connectivity index (χ1v) is 6.98. The normalized spacial score (nSPS) is 15.2. The van der Waals surface area contributed by atoms with Gasteiger partial charge in [-0.1, -0.05) is 12.1 Å². The predicted molar refractivity (Wildman–Crippen MR) is 66.5 cm³/mol. The molecule has 1 aliphatic heterocycles. The topological polar surface area (TPSA) is 83.8 Å². The highest BCUT2D eigenvalue weighted by atomic mass is 32.2. The molecule has 0 unspecified atom stereocenters. The highest BCUT2D eigenvalue weighted by molar-refractivity contribution is 7.91. The van der Waals surface area contributed by atoms with E-state index >= 15 is 0 Å². The number of sulfone groups is 1. The van der Waals surface area contributed by atoms with Crippen molar-refractivity contribution >= 4 is 9.84 Å². The molecule has 2 aromatic rings. The van der Waals surface area contributed by atoms with Gasteiger partial charge in [0.25, 0.3) is 0 Å². The molecular weight excluding hydrogens is 268 g/mol. The fraction of sp³-hybridized carbons (Fsp3) is 0.0769. The number of hydrogen-bond acceptors (Lipinski definition) is 5. The van der Waals surface area contributed by atoms with E-state index in [1.165, 1.54) is 30.3 Å². The van der Waals surface area contributed by atoms with Gasteiger partial charge in [-0.2, -0.15) is 0 Å². The van der Waals surface area contributed by atoms with Gasteiger partial charge >= 0.3 is 0 Å². The number of phenolic OH excluding ortho intramolecular Hbond substituents is 2. The molecule has 0 saturated heterocycles. The second-order valence-corrected chi connectivity index (χ2v) is 6.15. The predicted octanol–water partition coefficient (Wildman–Crippen LogP) is 2.34. The first-order valence-electron chi connectivity index (χ1n) is 5.50. The summed E-state index contributed by atoms with van der Waals surface area (Å²) in [7, 11) is -3.81. The van der Waals surface area contributed by atoms with Crippen molar-refractivity contribution in [1.82, 2.24) is 0 Å². The Bertz CT molecular complexity index is 793. The molecule has 2 aromatic carbocycles. The summed E-state index contributed by atoms with van der Waals surface area (Å²) in [5.74, 6) is -0.826. The Labute approximate surface area is 109 Å². The maximum Gasteiger partial charge on any atom is 0.214 e. The molecule has 3 rings (SSSR count). The van der Waals surface area contributed by atoms with Crippen LogP contribution in [-0.4, -0.2) is 18.6 Å². The Morgan fingerprint density at radius 1 is 1.00 bits per heavy atom. The molecule has 98 valence electrons. The number of benzene rings is 2. The summed E-state index contributed by atoms with van der Waals surface area (Å²) in [6.45, 7) is 1.63. The van der Waals surface area contributed by atoms with Gasteiger partial charge in [0.15, 0.2) is 23.0 Å². The van der Waals surface area contributed by atoms with Crippen LogP contribution in [0.15, 0.2) is 40.1 Å². The number of aryl methyl sites for hydroxylation is 1. The highest BCUT2D eigenvalue weighted by Gasteiger charge is 2.35. The summed E-state index contributed by atoms with van der Waals surface area (Å²) < 4.78 is 30.2. The Morgan fingerprint density at radius 3 is 2.42 bits per heavy atom. The van der Waals surface area contributed by atoms with Crippen LogP contribution in [-0.2, 0) is 9.84 Å². The first-order chi connectivity index (χ1) is 8.93. The summed E-state index contributed by atoms with van der Waals surface area (Å²) in [6.07, 6.45) is 0. The summed E-state index contributed by atoms with van der Waals surface area (Å²) >= 11 is 0. The molecule has 0 bridgehead atoms. The number of ether oxygens (including phenoxy) is 1. The average molecular weight is 278 g/mol. The van der Waals surface area contributed by atoms with Crippen molar-refractivity contribution in [2.75, 3.05) is 0 Å². The zero-order valence-corrected chi connectivity index (χ0v) is 10.7. The van der Waals surface area contributed by atoms with E-state index in [0.717, 1.165) is 0 Å². The van der Waals surface area contributed by atoms with Gasteiger partial charge in [-0.05, 0) is 30.7 Å². The summed E-state index contributed by atoms with van der Waals surface area (Å²) in [5.41, 5.74) is 0.493. The van der Waals surface area contributed by atoms with Gasteiger partial charge in [-0.15, -0.1) is 0 Å². The molecule has 0 aliphatic carbocycles. The Hall–Kier alpha value is -2.21. The Morgan fingerprint density at radius 2 is 1.68 bits per heavy atom. The second kappa shape index (κ2) is 3.64. The van der Waals surface area contributed by atoms with E-state index in [-0.39, 0.29) is 32.8 Å². The van der Waals surface area contributed by atoms with Crippen LogP contribution in [0.2, 0.25) is 0 Å². The van der Waals surface area contributed by atoms with Gasteiger partial charge in [0.1, 0.15) is 9.79 Å². The van der Waals surface area contributed by atoms with E-state index in [4.69, 9.17) is 4.74 Å². The summed E-state index contributed by atoms with van der Waals surface area (Å²) in [4.78, 5) is -0.211. The lowest BCUT2D eigenvalue weighted by Crippen LogP contribution is -2.11. The average Bonchev–Trinajstić information content (AvgIpc) is 2.36. The number of phenols is 2. The van der Waals surface area contributed by atoms with E-state index in [9.17, 15) is 18.6 Å². The van der Waals surface area contributed by atoms with Gasteiger partial charge in [-0.3, -0.25) is 0 Å². The van der Waals surface area contributed by atoms with Crippen LogP contribution in [0.3, 0.4) is 0 Å². The molecule has 0 amide bonds. The van der Waals surface area contributed by atoms with E-state index < -0.39 is 9.84 Å². The Balaban J connectivity index is 2.41. The van der Waals surface area contributed by atoms with Crippen molar-refractivity contribution in [3.8, 4) is 23.0 Å². The third-order valence-electron chi connectivity index (χ3n) is 3.04. The zero-order valence-electron chi connectivity index (χ0n) is 9.91. The van der Waals surface area contributed by atoms with Gasteiger partial charge in [-0.25, -0.2) is 8.42 Å². The van der Waals surface area contributed by atoms with E-state index in [2.05, 4.69) is 0 Å². The highest BCUT2D eigenvalue weighted by Crippen LogP contribution is 2.50. The fourth-order valence-corrected chi connectivity index (χ4v) is 3.51. The molecule has 0 aromatic heterocycles. The maximum atomic E-state index is 12.4. The SMILES string of the molecule is Cc1ccc2c(c1O)Oc1c(O)cccc1S2(=O)=O. The molecule has 2 N–H and O–H groups in total. The maximum absolute atomic E-state index is 12.4. The third-order valence-corrected chi connectivity index (χ3v) is 4.84. The van der Waals surface area contributed by atoms with Crippen LogP contribution in [0.4, 0.5) is 0 Å². The standard InChI is InChI=1S/C13H10O5S/c1-7-5-6-10-13(11(7)15)18-12-8(14)3-2-4-9(12)19(10,16)17/h2-6,14-15H,1H3. The first kappa shape index (κ1) is 11.9. The molecule has 0 saturated carbocycles. The number of rotatable bonds is 0. The smallest absolute Gasteiger partial charge is 0.214 e. The zero-order chi connectivity index (χ0) is 13.8. The van der Waals surface area contributed by atoms with Crippen LogP contribution in [0.1, 0.15) is 5.56 Å². The lowest BCUT2D eigenvalue weighted by molar-refractivity contribution is 0.363. The van der Waals surface area contributed by atoms with Gasteiger partial charge in [0.2, 0.25) is 9.84 Å². The lowest BCUT2D eigenvalue weighted by Gasteiger charge is -2.22. The largest absolute Gasteiger partial charge is 0.504 e. The Kier molecular flexibility index (Phi) is 2.27. The molecular formula is C13H10O5S. The summed E-state index contributed by atoms with van der Waals surface area (Å²) in [6, 6.07) is 6.99. The van der Waals surface area contributed by atoms with Crippen molar-refractivity contribution in [1.29, 1.82) is 0 Å². The van der Waals surface area contributed by atoms with Crippen molar-refractivity contribution in [3.05, 3.63) is 35.9 Å². The van der Waals surface area contributed by atoms with Crippen molar-refractivity contribution in [3.63, 3.8) is 0 Å². The van der Waals surface area contributed by atoms with Gasteiger partial charge in [0, 0.05) is 0 Å². The molecule has 1 aliphatic rings. The number of aromatic hydroxyl groups is 2. The van der Waals surface area contributed by atoms with E-state index in [0.29, 0.717) is 5.56 Å². The molecule has 0 spiro atoms. The lowest BCUT2D eigenvalue weighted by atomic mass is 10.2. The fourth-order valence-electron chi connectivity index (χ4n) is 2.00. The number of hydrogen-bond donors (Lipinski definition) is 2. The molecule has 0 atom stereocenters. The minimum absolute atomic E-state index is 0.103. The van der Waals surface area contributed by atoms with Crippen LogP contribution >= 0.6 is 0 Å². The second-order valence-electron chi connectivity index (χ2n) is 4.27. The minimum Gasteiger partial charge on any atom is -0.504 e. The molecule has 0 fully saturated rings. The van der Waals surface area contributed by atoms with Gasteiger partial charge in [0.05, 0.1) is 0 Å². The monoisotopic (exact) mass is 278 g/mol. The van der Waals surface area contributed by atoms with E-state index in [1.807, 2.05) is 0 Å². The molecule has 19 heavy (non-hydrogen) atoms. The van der Waals surface area contributed by atoms with Crippen LogP contribution < -0.4 is 4.74 Å². The van der Waals surface area contributed by atoms with Crippen molar-refractivity contribution < 1.29 is 23.4 Å². The quantitative estimate of drug-likeness (QED) is 0.659. The minimum atomic E-state index is -3.81. The van der Waals surface area contributed by atoms with Crippen LogP contribution in [0.25, 0.3) is 0 Å². The van der Waals surface area contributed by atoms with Crippen molar-refractivity contribution in [2.45, 2.75) is 16.7 Å². The summed E-state index contributed by atoms with van der Waals surface area (Å²) in [5, 5.41) is 19.6. The van der Waals surface area contributed by atoms with Crippen molar-refractivity contribution in [2.24, 2.45) is 0 Å². The number of fused-ring (bicyclic) bond motifs is 2. The molecule has 5 nitrogen and oxygen atoms in total.